The maximum absolute atomic E-state index is 13.4. The van der Waals surface area contributed by atoms with Crippen molar-refractivity contribution in [2.45, 2.75) is 54.9 Å². The maximum atomic E-state index is 13.4. The second-order valence-corrected chi connectivity index (χ2v) is 9.80. The molecular weight excluding hydrogens is 536 g/mol. The Hall–Kier alpha value is -3.31. The van der Waals surface area contributed by atoms with Crippen molar-refractivity contribution in [3.63, 3.8) is 0 Å². The predicted molar refractivity (Wildman–Crippen MR) is 132 cm³/mol. The number of phenols is 3. The van der Waals surface area contributed by atoms with Crippen molar-refractivity contribution in [3.8, 4) is 28.6 Å². The number of hydrogen-bond acceptors (Lipinski definition) is 14. The third kappa shape index (κ3) is 4.49. The van der Waals surface area contributed by atoms with Gasteiger partial charge in [-0.1, -0.05) is 0 Å². The van der Waals surface area contributed by atoms with E-state index >= 15 is 0 Å². The van der Waals surface area contributed by atoms with E-state index in [9.17, 15) is 55.9 Å². The molecule has 5 rings (SSSR count). The molecule has 0 radical (unpaired) electrons. The SMILES string of the molecule is O=c1cc(-c2ccc(O)cc2)oc2c(C3O[C@H](CO)[C@@H](O)[C@H](O)[C@H]3O)c(O)c(C3OC[C@@H](O)[C@H](O)[C@H]3O)c(O)c12. The molecule has 10 N–H and O–H groups in total. The lowest BCUT2D eigenvalue weighted by molar-refractivity contribution is -0.231. The molecule has 0 saturated carbocycles. The molecule has 2 aliphatic rings. The number of ether oxygens (including phenoxy) is 2. The largest absolute Gasteiger partial charge is 0.508 e. The molecule has 2 aromatic carbocycles. The normalized spacial score (nSPS) is 32.8. The second kappa shape index (κ2) is 10.6. The summed E-state index contributed by atoms with van der Waals surface area (Å²) in [6.07, 6.45) is -15.7. The monoisotopic (exact) mass is 564 g/mol. The molecule has 3 heterocycles. The number of aliphatic hydroxyl groups is 7. The van der Waals surface area contributed by atoms with Gasteiger partial charge < -0.3 is 65.0 Å². The average Bonchev–Trinajstić information content (AvgIpc) is 2.92. The molecule has 0 aliphatic carbocycles. The zero-order chi connectivity index (χ0) is 29.0. The van der Waals surface area contributed by atoms with Crippen molar-refractivity contribution < 1.29 is 65.0 Å². The standard InChI is InChI=1S/C26H28O14/c27-6-13-18(32)21(35)23(37)26(40-13)16-20(34)15(25-22(36)17(31)11(30)7-38-25)19(33)14-10(29)5-12(39-24(14)16)8-1-3-9(28)4-2-8/h1-5,11,13,17-18,21-23,25-28,30-37H,6-7H2/t11-,13-,17+,18-,21+,22-,23-,25?,26?/m1/s1. The fourth-order valence-electron chi connectivity index (χ4n) is 5.11. The number of benzene rings is 2. The van der Waals surface area contributed by atoms with Crippen molar-refractivity contribution in [2.24, 2.45) is 0 Å². The molecule has 2 saturated heterocycles. The highest BCUT2D eigenvalue weighted by Gasteiger charge is 2.48. The summed E-state index contributed by atoms with van der Waals surface area (Å²) in [5, 5.41) is 104. The highest BCUT2D eigenvalue weighted by molar-refractivity contribution is 5.92. The van der Waals surface area contributed by atoms with Gasteiger partial charge in [0.1, 0.15) is 83.3 Å². The van der Waals surface area contributed by atoms with Crippen LogP contribution < -0.4 is 5.43 Å². The van der Waals surface area contributed by atoms with E-state index < -0.39 is 107 Å². The number of phenolic OH excluding ortho intramolecular Hbond substituents is 3. The fraction of sp³-hybridized carbons (Fsp3) is 0.423. The maximum Gasteiger partial charge on any atom is 0.197 e. The van der Waals surface area contributed by atoms with Crippen molar-refractivity contribution in [1.29, 1.82) is 0 Å². The number of rotatable bonds is 4. The van der Waals surface area contributed by atoms with Crippen LogP contribution in [0.1, 0.15) is 23.3 Å². The Kier molecular flexibility index (Phi) is 7.47. The molecule has 14 nitrogen and oxygen atoms in total. The number of aromatic hydroxyl groups is 3. The van der Waals surface area contributed by atoms with Crippen LogP contribution in [0, 0.1) is 0 Å². The fourth-order valence-corrected chi connectivity index (χ4v) is 5.11. The highest BCUT2D eigenvalue weighted by atomic mass is 16.5. The first-order chi connectivity index (χ1) is 19.0. The Balaban J connectivity index is 1.81. The van der Waals surface area contributed by atoms with Gasteiger partial charge in [0.15, 0.2) is 11.0 Å². The molecule has 216 valence electrons. The molecule has 9 atom stereocenters. The third-order valence-electron chi connectivity index (χ3n) is 7.31. The average molecular weight is 564 g/mol. The number of hydrogen-bond donors (Lipinski definition) is 10. The van der Waals surface area contributed by atoms with Gasteiger partial charge in [0.25, 0.3) is 0 Å². The lowest BCUT2D eigenvalue weighted by atomic mass is 9.85. The van der Waals surface area contributed by atoms with Crippen LogP contribution in [0.5, 0.6) is 17.2 Å². The summed E-state index contributed by atoms with van der Waals surface area (Å²) in [5.41, 5.74) is -2.19. The quantitative estimate of drug-likeness (QED) is 0.169. The summed E-state index contributed by atoms with van der Waals surface area (Å²) in [4.78, 5) is 13.4. The van der Waals surface area contributed by atoms with Crippen LogP contribution in [0.25, 0.3) is 22.3 Å². The van der Waals surface area contributed by atoms with Gasteiger partial charge in [0, 0.05) is 11.6 Å². The molecule has 2 fully saturated rings. The van der Waals surface area contributed by atoms with Crippen LogP contribution in [0.3, 0.4) is 0 Å². The van der Waals surface area contributed by atoms with Gasteiger partial charge in [-0.15, -0.1) is 0 Å². The van der Waals surface area contributed by atoms with Gasteiger partial charge in [0.05, 0.1) is 24.3 Å². The molecule has 2 aliphatic heterocycles. The zero-order valence-electron chi connectivity index (χ0n) is 20.6. The van der Waals surface area contributed by atoms with Crippen LogP contribution >= 0.6 is 0 Å². The Morgan fingerprint density at radius 2 is 1.43 bits per heavy atom. The summed E-state index contributed by atoms with van der Waals surface area (Å²) in [6.45, 7) is -1.34. The van der Waals surface area contributed by atoms with E-state index in [2.05, 4.69) is 0 Å². The summed E-state index contributed by atoms with van der Waals surface area (Å²) in [5.74, 6) is -2.00. The van der Waals surface area contributed by atoms with Crippen molar-refractivity contribution >= 4 is 11.0 Å². The van der Waals surface area contributed by atoms with E-state index in [4.69, 9.17) is 13.9 Å². The first kappa shape index (κ1) is 28.2. The first-order valence-electron chi connectivity index (χ1n) is 12.3. The van der Waals surface area contributed by atoms with Gasteiger partial charge in [-0.05, 0) is 24.3 Å². The summed E-state index contributed by atoms with van der Waals surface area (Å²) < 4.78 is 16.9. The van der Waals surface area contributed by atoms with Crippen molar-refractivity contribution in [3.05, 3.63) is 51.7 Å². The van der Waals surface area contributed by atoms with E-state index in [1.54, 1.807) is 0 Å². The Labute approximate surface area is 224 Å². The molecule has 0 amide bonds. The molecule has 3 aromatic rings. The Bertz CT molecular complexity index is 1450. The van der Waals surface area contributed by atoms with Crippen LogP contribution in [0.2, 0.25) is 0 Å². The van der Waals surface area contributed by atoms with Crippen LogP contribution in [-0.2, 0) is 9.47 Å². The van der Waals surface area contributed by atoms with E-state index in [1.807, 2.05) is 0 Å². The lowest BCUT2D eigenvalue weighted by Crippen LogP contribution is -2.55. The lowest BCUT2D eigenvalue weighted by Gasteiger charge is -2.41. The van der Waals surface area contributed by atoms with Crippen LogP contribution in [-0.4, -0.2) is 107 Å². The van der Waals surface area contributed by atoms with E-state index in [-0.39, 0.29) is 11.5 Å². The van der Waals surface area contributed by atoms with Crippen LogP contribution in [0.15, 0.2) is 39.5 Å². The van der Waals surface area contributed by atoms with Crippen LogP contribution in [0.4, 0.5) is 0 Å². The second-order valence-electron chi connectivity index (χ2n) is 9.80. The van der Waals surface area contributed by atoms with Crippen molar-refractivity contribution in [1.82, 2.24) is 0 Å². The minimum Gasteiger partial charge on any atom is -0.508 e. The Morgan fingerprint density at radius 3 is 2.08 bits per heavy atom. The highest BCUT2D eigenvalue weighted by Crippen LogP contribution is 2.50. The molecule has 14 heteroatoms. The minimum absolute atomic E-state index is 0.0767. The van der Waals surface area contributed by atoms with Gasteiger partial charge in [0.2, 0.25) is 0 Å². The Morgan fingerprint density at radius 1 is 0.775 bits per heavy atom. The minimum atomic E-state index is -1.96. The third-order valence-corrected chi connectivity index (χ3v) is 7.31. The topological polar surface area (TPSA) is 251 Å². The first-order valence-corrected chi connectivity index (χ1v) is 12.3. The molecule has 0 spiro atoms. The summed E-state index contributed by atoms with van der Waals surface area (Å²) in [6, 6.07) is 6.47. The number of fused-ring (bicyclic) bond motifs is 1. The van der Waals surface area contributed by atoms with E-state index in [0.29, 0.717) is 5.56 Å². The van der Waals surface area contributed by atoms with E-state index in [0.717, 1.165) is 6.07 Å². The number of aliphatic hydroxyl groups excluding tert-OH is 7. The van der Waals surface area contributed by atoms with Crippen molar-refractivity contribution in [2.75, 3.05) is 13.2 Å². The van der Waals surface area contributed by atoms with E-state index in [1.165, 1.54) is 24.3 Å². The summed E-state index contributed by atoms with van der Waals surface area (Å²) in [7, 11) is 0. The smallest absolute Gasteiger partial charge is 0.197 e. The molecule has 0 bridgehead atoms. The zero-order valence-corrected chi connectivity index (χ0v) is 20.6. The molecule has 40 heavy (non-hydrogen) atoms. The predicted octanol–water partition coefficient (Wildman–Crippen LogP) is -1.75. The molecule has 2 unspecified atom stereocenters. The molecular formula is C26H28O14. The van der Waals surface area contributed by atoms with Gasteiger partial charge in [-0.3, -0.25) is 4.79 Å². The molecule has 1 aromatic heterocycles. The van der Waals surface area contributed by atoms with Gasteiger partial charge in [-0.2, -0.15) is 0 Å². The van der Waals surface area contributed by atoms with Gasteiger partial charge in [-0.25, -0.2) is 0 Å². The summed E-state index contributed by atoms with van der Waals surface area (Å²) >= 11 is 0. The van der Waals surface area contributed by atoms with Gasteiger partial charge >= 0.3 is 0 Å².